The lowest BCUT2D eigenvalue weighted by Gasteiger charge is -2.26. The number of amides is 3. The van der Waals surface area contributed by atoms with Crippen molar-refractivity contribution in [1.82, 2.24) is 20.4 Å². The number of hydrogen-bond donors (Lipinski definition) is 3. The van der Waals surface area contributed by atoms with Crippen LogP contribution in [0.5, 0.6) is 0 Å². The van der Waals surface area contributed by atoms with Gasteiger partial charge in [0, 0.05) is 54.1 Å². The second kappa shape index (κ2) is 15.2. The van der Waals surface area contributed by atoms with E-state index >= 15 is 0 Å². The van der Waals surface area contributed by atoms with E-state index in [1.165, 1.54) is 19.3 Å². The fraction of sp³-hybridized carbons (Fsp3) is 0.395. The normalized spacial score (nSPS) is 16.6. The fourth-order valence-corrected chi connectivity index (χ4v) is 5.91. The van der Waals surface area contributed by atoms with Crippen LogP contribution in [0.2, 0.25) is 0 Å². The fourth-order valence-electron chi connectivity index (χ4n) is 5.91. The maximum Gasteiger partial charge on any atom is 0.407 e. The lowest BCUT2D eigenvalue weighted by molar-refractivity contribution is 0.0502. The predicted molar refractivity (Wildman–Crippen MR) is 185 cm³/mol. The molecule has 2 heterocycles. The lowest BCUT2D eigenvalue weighted by atomic mass is 9.97. The second-order valence-corrected chi connectivity index (χ2v) is 13.3. The zero-order valence-corrected chi connectivity index (χ0v) is 27.6. The number of hydrogen-bond acceptors (Lipinski definition) is 6. The zero-order valence-electron chi connectivity index (χ0n) is 27.6. The molecule has 2 aliphatic rings. The molecule has 1 atom stereocenters. The Balaban J connectivity index is 1.23. The summed E-state index contributed by atoms with van der Waals surface area (Å²) >= 11 is 0. The van der Waals surface area contributed by atoms with Gasteiger partial charge in [0.25, 0.3) is 11.8 Å². The topological polar surface area (TPSA) is 117 Å². The molecule has 1 unspecified atom stereocenters. The summed E-state index contributed by atoms with van der Waals surface area (Å²) in [5, 5.41) is 5.90. The highest BCUT2D eigenvalue weighted by Gasteiger charge is 2.29. The minimum Gasteiger partial charge on any atom is -0.444 e. The maximum absolute atomic E-state index is 13.4. The Morgan fingerprint density at radius 3 is 2.43 bits per heavy atom. The first-order valence-electron chi connectivity index (χ1n) is 16.5. The van der Waals surface area contributed by atoms with Crippen LogP contribution in [-0.2, 0) is 4.74 Å². The van der Waals surface area contributed by atoms with Gasteiger partial charge in [-0.2, -0.15) is 0 Å². The van der Waals surface area contributed by atoms with Crippen LogP contribution in [0, 0.1) is 11.8 Å². The van der Waals surface area contributed by atoms with Crippen LogP contribution in [-0.4, -0.2) is 78.6 Å². The summed E-state index contributed by atoms with van der Waals surface area (Å²) < 4.78 is 5.37. The minimum atomic E-state index is -0.585. The molecule has 0 saturated carbocycles. The Kier molecular flexibility index (Phi) is 10.8. The molecule has 0 aliphatic carbocycles. The molecule has 5 rings (SSSR count). The number of alkyl carbamates (subject to hydrolysis) is 1. The number of benzene rings is 3. The quantitative estimate of drug-likeness (QED) is 0.240. The first-order valence-corrected chi connectivity index (χ1v) is 16.5. The van der Waals surface area contributed by atoms with Crippen molar-refractivity contribution in [3.8, 4) is 23.0 Å². The number of carbonyl (C=O) groups excluding carboxylic acids is 3. The molecule has 9 nitrogen and oxygen atoms in total. The Labute approximate surface area is 277 Å². The number of likely N-dealkylation sites (tertiary alicyclic amines) is 2. The Hall–Kier alpha value is -4.81. The van der Waals surface area contributed by atoms with Crippen LogP contribution in [0.3, 0.4) is 0 Å². The third kappa shape index (κ3) is 9.60. The third-order valence-electron chi connectivity index (χ3n) is 8.31. The van der Waals surface area contributed by atoms with Gasteiger partial charge in [-0.1, -0.05) is 36.5 Å². The van der Waals surface area contributed by atoms with Crippen molar-refractivity contribution >= 4 is 23.6 Å². The molecule has 4 N–H and O–H groups in total. The summed E-state index contributed by atoms with van der Waals surface area (Å²) in [5.74, 6) is 6.27. The molecular weight excluding hydrogens is 590 g/mol. The SMILES string of the molecule is CC(C)(C)OC(=O)NC1CCN(C(=O)c2cccc(-c3ccc(N)cc3C#Cc3ccc(C(=O)NCCN4CCCCC4)cc3)c2)C1. The molecule has 2 saturated heterocycles. The van der Waals surface area contributed by atoms with E-state index in [9.17, 15) is 14.4 Å². The number of ether oxygens (including phenoxy) is 1. The number of piperidine rings is 1. The van der Waals surface area contributed by atoms with Gasteiger partial charge in [-0.05, 0) is 113 Å². The molecular formula is C38H45N5O4. The van der Waals surface area contributed by atoms with Crippen molar-refractivity contribution in [1.29, 1.82) is 0 Å². The monoisotopic (exact) mass is 635 g/mol. The van der Waals surface area contributed by atoms with Gasteiger partial charge in [-0.3, -0.25) is 9.59 Å². The van der Waals surface area contributed by atoms with E-state index in [2.05, 4.69) is 27.4 Å². The van der Waals surface area contributed by atoms with E-state index in [1.807, 2.05) is 69.3 Å². The molecule has 0 spiro atoms. The van der Waals surface area contributed by atoms with Crippen LogP contribution >= 0.6 is 0 Å². The zero-order chi connectivity index (χ0) is 33.4. The second-order valence-electron chi connectivity index (χ2n) is 13.3. The van der Waals surface area contributed by atoms with Crippen LogP contribution in [0.25, 0.3) is 11.1 Å². The lowest BCUT2D eigenvalue weighted by Crippen LogP contribution is -2.41. The number of rotatable bonds is 7. The summed E-state index contributed by atoms with van der Waals surface area (Å²) in [4.78, 5) is 42.5. The van der Waals surface area contributed by atoms with E-state index in [0.29, 0.717) is 42.9 Å². The smallest absolute Gasteiger partial charge is 0.407 e. The van der Waals surface area contributed by atoms with E-state index in [1.54, 1.807) is 23.1 Å². The van der Waals surface area contributed by atoms with Gasteiger partial charge >= 0.3 is 6.09 Å². The average molecular weight is 636 g/mol. The number of anilines is 1. The van der Waals surface area contributed by atoms with Crippen LogP contribution in [0.15, 0.2) is 66.7 Å². The molecule has 0 bridgehead atoms. The Morgan fingerprint density at radius 2 is 1.68 bits per heavy atom. The number of nitrogen functional groups attached to an aromatic ring is 1. The van der Waals surface area contributed by atoms with Gasteiger partial charge in [0.15, 0.2) is 0 Å². The average Bonchev–Trinajstić information content (AvgIpc) is 3.51. The van der Waals surface area contributed by atoms with E-state index < -0.39 is 11.7 Å². The van der Waals surface area contributed by atoms with Crippen molar-refractivity contribution in [2.45, 2.75) is 58.1 Å². The predicted octanol–water partition coefficient (Wildman–Crippen LogP) is 5.29. The van der Waals surface area contributed by atoms with Crippen LogP contribution in [0.1, 0.15) is 78.3 Å². The number of carbonyl (C=O) groups is 3. The molecule has 0 radical (unpaired) electrons. The van der Waals surface area contributed by atoms with Crippen LogP contribution in [0.4, 0.5) is 10.5 Å². The molecule has 9 heteroatoms. The Morgan fingerprint density at radius 1 is 0.915 bits per heavy atom. The molecule has 47 heavy (non-hydrogen) atoms. The molecule has 3 amide bonds. The molecule has 2 aliphatic heterocycles. The maximum atomic E-state index is 13.4. The number of nitrogens with zero attached hydrogens (tertiary/aromatic N) is 2. The third-order valence-corrected chi connectivity index (χ3v) is 8.31. The highest BCUT2D eigenvalue weighted by Crippen LogP contribution is 2.27. The summed E-state index contributed by atoms with van der Waals surface area (Å²) in [6, 6.07) is 20.2. The van der Waals surface area contributed by atoms with Crippen molar-refractivity contribution in [3.63, 3.8) is 0 Å². The minimum absolute atomic E-state index is 0.0854. The van der Waals surface area contributed by atoms with E-state index in [-0.39, 0.29) is 17.9 Å². The highest BCUT2D eigenvalue weighted by atomic mass is 16.6. The molecule has 246 valence electrons. The van der Waals surface area contributed by atoms with Gasteiger partial charge in [-0.15, -0.1) is 0 Å². The molecule has 3 aromatic rings. The van der Waals surface area contributed by atoms with Crippen molar-refractivity contribution in [3.05, 3.63) is 89.0 Å². The van der Waals surface area contributed by atoms with E-state index in [0.717, 1.165) is 41.9 Å². The first-order chi connectivity index (χ1) is 22.5. The summed E-state index contributed by atoms with van der Waals surface area (Å²) in [7, 11) is 0. The van der Waals surface area contributed by atoms with E-state index in [4.69, 9.17) is 10.5 Å². The summed E-state index contributed by atoms with van der Waals surface area (Å²) in [5.41, 5.74) is 10.5. The summed E-state index contributed by atoms with van der Waals surface area (Å²) in [6.45, 7) is 10.1. The number of nitrogens with one attached hydrogen (secondary N) is 2. The molecule has 0 aromatic heterocycles. The summed E-state index contributed by atoms with van der Waals surface area (Å²) in [6.07, 6.45) is 3.94. The van der Waals surface area contributed by atoms with Gasteiger partial charge in [-0.25, -0.2) is 4.79 Å². The first kappa shape index (κ1) is 33.6. The van der Waals surface area contributed by atoms with Gasteiger partial charge in [0.05, 0.1) is 6.04 Å². The van der Waals surface area contributed by atoms with Gasteiger partial charge in [0.2, 0.25) is 0 Å². The van der Waals surface area contributed by atoms with Crippen molar-refractivity contribution < 1.29 is 19.1 Å². The number of nitrogens with two attached hydrogens (primary N) is 1. The molecule has 2 fully saturated rings. The van der Waals surface area contributed by atoms with Crippen LogP contribution < -0.4 is 16.4 Å². The van der Waals surface area contributed by atoms with Crippen molar-refractivity contribution in [2.24, 2.45) is 0 Å². The van der Waals surface area contributed by atoms with Gasteiger partial charge < -0.3 is 30.9 Å². The Bertz CT molecular complexity index is 1640. The van der Waals surface area contributed by atoms with Crippen molar-refractivity contribution in [2.75, 3.05) is 45.0 Å². The standard InChI is InChI=1S/C38H45N5O4/c1-38(2,3)47-37(46)41-33-18-22-43(26-33)36(45)31-9-7-8-29(24-31)34-17-16-32(39)25-30(34)15-12-27-10-13-28(14-11-27)35(44)40-19-23-42-20-5-4-6-21-42/h7-11,13-14,16-17,24-25,33H,4-6,18-23,26,39H2,1-3H3,(H,40,44)(H,41,46). The molecule has 3 aromatic carbocycles. The van der Waals surface area contributed by atoms with Gasteiger partial charge in [0.1, 0.15) is 5.60 Å². The highest BCUT2D eigenvalue weighted by molar-refractivity contribution is 5.96. The largest absolute Gasteiger partial charge is 0.444 e.